The molecule has 0 aliphatic heterocycles. The van der Waals surface area contributed by atoms with Crippen molar-refractivity contribution in [2.75, 3.05) is 0 Å². The van der Waals surface area contributed by atoms with Crippen molar-refractivity contribution in [2.45, 2.75) is 19.6 Å². The number of furan rings is 1. The molecule has 0 unspecified atom stereocenters. The van der Waals surface area contributed by atoms with Crippen LogP contribution in [0.4, 0.5) is 0 Å². The summed E-state index contributed by atoms with van der Waals surface area (Å²) in [6, 6.07) is 3.66. The molecule has 1 atom stereocenters. The smallest absolute Gasteiger partial charge is 0.226 e. The predicted molar refractivity (Wildman–Crippen MR) is 52.5 cm³/mol. The molecule has 14 heavy (non-hydrogen) atoms. The number of nitrogens with two attached hydrogens (primary N) is 1. The Morgan fingerprint density at radius 2 is 2.36 bits per heavy atom. The molecular weight excluding hydrogens is 180 g/mol. The van der Waals surface area contributed by atoms with Crippen molar-refractivity contribution in [2.24, 2.45) is 5.73 Å². The third-order valence-corrected chi connectivity index (χ3v) is 2.13. The van der Waals surface area contributed by atoms with Gasteiger partial charge in [0.1, 0.15) is 12.4 Å². The quantitative estimate of drug-likeness (QED) is 0.753. The van der Waals surface area contributed by atoms with Crippen LogP contribution in [0.2, 0.25) is 0 Å². The van der Waals surface area contributed by atoms with E-state index in [0.717, 1.165) is 10.9 Å². The fourth-order valence-corrected chi connectivity index (χ4v) is 1.33. The number of aliphatic hydroxyl groups is 1. The van der Waals surface area contributed by atoms with E-state index in [9.17, 15) is 0 Å². The van der Waals surface area contributed by atoms with Crippen LogP contribution < -0.4 is 5.73 Å². The number of fused-ring (bicyclic) bond motifs is 1. The van der Waals surface area contributed by atoms with Crippen LogP contribution in [0.3, 0.4) is 0 Å². The normalized spacial score (nSPS) is 13.4. The number of hydrogen-bond acceptors (Lipinski definition) is 4. The van der Waals surface area contributed by atoms with E-state index >= 15 is 0 Å². The first-order valence-electron chi connectivity index (χ1n) is 4.45. The highest BCUT2D eigenvalue weighted by Crippen LogP contribution is 2.20. The van der Waals surface area contributed by atoms with Crippen molar-refractivity contribution in [3.63, 3.8) is 0 Å². The van der Waals surface area contributed by atoms with Gasteiger partial charge in [-0.25, -0.2) is 4.98 Å². The van der Waals surface area contributed by atoms with E-state index in [-0.39, 0.29) is 12.6 Å². The van der Waals surface area contributed by atoms with E-state index in [0.29, 0.717) is 11.5 Å². The van der Waals surface area contributed by atoms with E-state index in [1.807, 2.05) is 13.0 Å². The Labute approximate surface area is 81.4 Å². The van der Waals surface area contributed by atoms with Gasteiger partial charge < -0.3 is 15.3 Å². The molecule has 0 bridgehead atoms. The van der Waals surface area contributed by atoms with Crippen LogP contribution in [0.25, 0.3) is 11.1 Å². The molecule has 0 radical (unpaired) electrons. The van der Waals surface area contributed by atoms with Gasteiger partial charge in [-0.3, -0.25) is 0 Å². The van der Waals surface area contributed by atoms with Gasteiger partial charge in [0, 0.05) is 17.6 Å². The molecule has 2 aromatic heterocycles. The standard InChI is InChI=1S/C10H12N2O2/c1-6(11)8-2-7-3-9(5-13)14-10(7)12-4-8/h2-4,6,13H,5,11H2,1H3/t6-/m0/s1. The fraction of sp³-hybridized carbons (Fsp3) is 0.300. The highest BCUT2D eigenvalue weighted by atomic mass is 16.4. The first kappa shape index (κ1) is 9.18. The summed E-state index contributed by atoms with van der Waals surface area (Å²) >= 11 is 0. The number of aliphatic hydroxyl groups excluding tert-OH is 1. The second kappa shape index (κ2) is 3.40. The maximum absolute atomic E-state index is 8.87. The Morgan fingerprint density at radius 1 is 1.57 bits per heavy atom. The zero-order valence-electron chi connectivity index (χ0n) is 7.90. The van der Waals surface area contributed by atoms with Crippen molar-refractivity contribution in [1.82, 2.24) is 4.98 Å². The summed E-state index contributed by atoms with van der Waals surface area (Å²) in [5, 5.41) is 9.75. The minimum absolute atomic E-state index is 0.0422. The second-order valence-corrected chi connectivity index (χ2v) is 3.32. The lowest BCUT2D eigenvalue weighted by atomic mass is 10.1. The molecule has 4 nitrogen and oxygen atoms in total. The molecule has 2 aromatic rings. The van der Waals surface area contributed by atoms with Crippen molar-refractivity contribution in [3.05, 3.63) is 29.7 Å². The number of hydrogen-bond donors (Lipinski definition) is 2. The number of rotatable bonds is 2. The lowest BCUT2D eigenvalue weighted by molar-refractivity contribution is 0.250. The molecular formula is C10H12N2O2. The molecule has 3 N–H and O–H groups in total. The second-order valence-electron chi connectivity index (χ2n) is 3.32. The zero-order chi connectivity index (χ0) is 10.1. The molecule has 0 saturated heterocycles. The third-order valence-electron chi connectivity index (χ3n) is 2.13. The van der Waals surface area contributed by atoms with Crippen LogP contribution in [0.1, 0.15) is 24.3 Å². The number of pyridine rings is 1. The number of nitrogens with zero attached hydrogens (tertiary/aromatic N) is 1. The largest absolute Gasteiger partial charge is 0.440 e. The Bertz CT molecular complexity index is 448. The molecule has 0 spiro atoms. The first-order valence-corrected chi connectivity index (χ1v) is 4.45. The molecule has 2 heterocycles. The van der Waals surface area contributed by atoms with E-state index in [1.54, 1.807) is 12.3 Å². The summed E-state index contributed by atoms with van der Waals surface area (Å²) in [7, 11) is 0. The fourth-order valence-electron chi connectivity index (χ4n) is 1.33. The molecule has 2 rings (SSSR count). The summed E-state index contributed by atoms with van der Waals surface area (Å²) in [5.41, 5.74) is 7.23. The topological polar surface area (TPSA) is 72.3 Å². The van der Waals surface area contributed by atoms with E-state index < -0.39 is 0 Å². The van der Waals surface area contributed by atoms with Gasteiger partial charge in [-0.1, -0.05) is 0 Å². The van der Waals surface area contributed by atoms with Crippen LogP contribution in [0.15, 0.2) is 22.7 Å². The first-order chi connectivity index (χ1) is 6.70. The van der Waals surface area contributed by atoms with Gasteiger partial charge in [0.05, 0.1) is 0 Å². The predicted octanol–water partition coefficient (Wildman–Crippen LogP) is 1.34. The summed E-state index contributed by atoms with van der Waals surface area (Å²) in [6.07, 6.45) is 1.69. The molecule has 0 aromatic carbocycles. The van der Waals surface area contributed by atoms with Crippen molar-refractivity contribution >= 4 is 11.1 Å². The number of aromatic nitrogens is 1. The van der Waals surface area contributed by atoms with Gasteiger partial charge in [-0.2, -0.15) is 0 Å². The van der Waals surface area contributed by atoms with Gasteiger partial charge in [0.15, 0.2) is 0 Å². The molecule has 0 saturated carbocycles. The molecule has 74 valence electrons. The van der Waals surface area contributed by atoms with Crippen LogP contribution >= 0.6 is 0 Å². The SMILES string of the molecule is C[C@H](N)c1cnc2oc(CO)cc2c1. The maximum Gasteiger partial charge on any atom is 0.226 e. The Balaban J connectivity index is 2.54. The van der Waals surface area contributed by atoms with Crippen molar-refractivity contribution in [1.29, 1.82) is 0 Å². The Kier molecular flexibility index (Phi) is 2.23. The highest BCUT2D eigenvalue weighted by Gasteiger charge is 2.06. The zero-order valence-corrected chi connectivity index (χ0v) is 7.90. The van der Waals surface area contributed by atoms with Gasteiger partial charge in [-0.15, -0.1) is 0 Å². The molecule has 4 heteroatoms. The van der Waals surface area contributed by atoms with Gasteiger partial charge in [0.2, 0.25) is 5.71 Å². The van der Waals surface area contributed by atoms with Gasteiger partial charge >= 0.3 is 0 Å². The summed E-state index contributed by atoms with van der Waals surface area (Å²) < 4.78 is 5.25. The molecule has 0 fully saturated rings. The Morgan fingerprint density at radius 3 is 3.00 bits per heavy atom. The average Bonchev–Trinajstić information content (AvgIpc) is 2.58. The molecule has 0 amide bonds. The summed E-state index contributed by atoms with van der Waals surface area (Å²) in [4.78, 5) is 4.11. The minimum atomic E-state index is -0.107. The van der Waals surface area contributed by atoms with Crippen molar-refractivity contribution < 1.29 is 9.52 Å². The monoisotopic (exact) mass is 192 g/mol. The minimum Gasteiger partial charge on any atom is -0.440 e. The van der Waals surface area contributed by atoms with Gasteiger partial charge in [-0.05, 0) is 24.6 Å². The van der Waals surface area contributed by atoms with Crippen LogP contribution in [-0.4, -0.2) is 10.1 Å². The van der Waals surface area contributed by atoms with Crippen LogP contribution in [-0.2, 0) is 6.61 Å². The molecule has 0 aliphatic carbocycles. The average molecular weight is 192 g/mol. The van der Waals surface area contributed by atoms with Crippen LogP contribution in [0.5, 0.6) is 0 Å². The van der Waals surface area contributed by atoms with E-state index in [1.165, 1.54) is 0 Å². The Hall–Kier alpha value is -1.39. The lowest BCUT2D eigenvalue weighted by Crippen LogP contribution is -2.04. The third kappa shape index (κ3) is 1.49. The summed E-state index contributed by atoms with van der Waals surface area (Å²) in [5.74, 6) is 0.523. The van der Waals surface area contributed by atoms with Crippen LogP contribution in [0, 0.1) is 0 Å². The van der Waals surface area contributed by atoms with Crippen molar-refractivity contribution in [3.8, 4) is 0 Å². The molecule has 0 aliphatic rings. The lowest BCUT2D eigenvalue weighted by Gasteiger charge is -2.02. The maximum atomic E-state index is 8.87. The summed E-state index contributed by atoms with van der Waals surface area (Å²) in [6.45, 7) is 1.79. The highest BCUT2D eigenvalue weighted by molar-refractivity contribution is 5.74. The van der Waals surface area contributed by atoms with E-state index in [4.69, 9.17) is 15.3 Å². The van der Waals surface area contributed by atoms with Gasteiger partial charge in [0.25, 0.3) is 0 Å². The van der Waals surface area contributed by atoms with E-state index in [2.05, 4.69) is 4.98 Å².